The number of aromatic amines is 1. The van der Waals surface area contributed by atoms with Gasteiger partial charge in [-0.05, 0) is 31.0 Å². The van der Waals surface area contributed by atoms with Crippen molar-refractivity contribution in [3.63, 3.8) is 0 Å². The van der Waals surface area contributed by atoms with Gasteiger partial charge in [-0.15, -0.1) is 0 Å². The molecule has 3 atom stereocenters. The number of H-pyrrole nitrogens is 1. The molecule has 1 saturated carbocycles. The molecule has 6 heteroatoms. The molecule has 1 aliphatic carbocycles. The summed E-state index contributed by atoms with van der Waals surface area (Å²) < 4.78 is 5.55. The van der Waals surface area contributed by atoms with Gasteiger partial charge in [0.1, 0.15) is 11.4 Å². The minimum atomic E-state index is -0.162. The highest BCUT2D eigenvalue weighted by molar-refractivity contribution is 5.93. The summed E-state index contributed by atoms with van der Waals surface area (Å²) in [6.07, 6.45) is 2.22. The zero-order valence-electron chi connectivity index (χ0n) is 12.0. The second kappa shape index (κ2) is 5.14. The van der Waals surface area contributed by atoms with Crippen molar-refractivity contribution >= 4 is 5.91 Å². The molecule has 22 heavy (non-hydrogen) atoms. The Bertz CT molecular complexity index is 712. The van der Waals surface area contributed by atoms with Crippen molar-refractivity contribution in [1.29, 1.82) is 0 Å². The second-order valence-corrected chi connectivity index (χ2v) is 5.86. The van der Waals surface area contributed by atoms with Gasteiger partial charge in [0.05, 0.1) is 11.8 Å². The van der Waals surface area contributed by atoms with E-state index in [1.807, 2.05) is 6.07 Å². The van der Waals surface area contributed by atoms with Crippen LogP contribution in [0, 0.1) is 5.92 Å². The fraction of sp³-hybridized carbons (Fsp3) is 0.375. The van der Waals surface area contributed by atoms with Crippen molar-refractivity contribution in [2.75, 3.05) is 6.61 Å². The molecule has 1 saturated heterocycles. The topological polar surface area (TPSA) is 87.2 Å². The fourth-order valence-corrected chi connectivity index (χ4v) is 3.28. The highest BCUT2D eigenvalue weighted by Crippen LogP contribution is 2.38. The SMILES string of the molecule is O=C(N[C@@H]1C[C@H]2OCC[C@@H]12)c1cc(-c2ccccc2O)n[nH]1. The molecule has 4 rings (SSSR count). The first-order valence-corrected chi connectivity index (χ1v) is 7.48. The molecule has 2 fully saturated rings. The fourth-order valence-electron chi connectivity index (χ4n) is 3.28. The standard InChI is InChI=1S/C16H17N3O3/c20-14-4-2-1-3-9(14)12-7-13(19-18-12)16(21)17-11-8-15-10(11)5-6-22-15/h1-4,7,10-11,15,20H,5-6,8H2,(H,17,21)(H,18,19)/t10-,11+,15+/m0/s1. The first-order chi connectivity index (χ1) is 10.7. The van der Waals surface area contributed by atoms with Crippen molar-refractivity contribution < 1.29 is 14.6 Å². The van der Waals surface area contributed by atoms with Gasteiger partial charge >= 0.3 is 0 Å². The third-order valence-electron chi connectivity index (χ3n) is 4.58. The minimum absolute atomic E-state index is 0.144. The van der Waals surface area contributed by atoms with Crippen LogP contribution in [0.4, 0.5) is 0 Å². The summed E-state index contributed by atoms with van der Waals surface area (Å²) in [4.78, 5) is 12.3. The Hall–Kier alpha value is -2.34. The molecule has 1 aliphatic heterocycles. The molecule has 2 aliphatic rings. The monoisotopic (exact) mass is 299 g/mol. The van der Waals surface area contributed by atoms with Crippen LogP contribution in [-0.4, -0.2) is 40.0 Å². The Balaban J connectivity index is 1.47. The number of aromatic hydroxyl groups is 1. The molecule has 2 heterocycles. The zero-order valence-corrected chi connectivity index (χ0v) is 12.0. The quantitative estimate of drug-likeness (QED) is 0.805. The van der Waals surface area contributed by atoms with Gasteiger partial charge in [-0.1, -0.05) is 12.1 Å². The number of phenols is 1. The van der Waals surface area contributed by atoms with Crippen molar-refractivity contribution in [1.82, 2.24) is 15.5 Å². The van der Waals surface area contributed by atoms with Crippen LogP contribution in [0.2, 0.25) is 0 Å². The van der Waals surface area contributed by atoms with Crippen molar-refractivity contribution in [2.45, 2.75) is 25.0 Å². The molecule has 0 radical (unpaired) electrons. The number of carbonyl (C=O) groups is 1. The van der Waals surface area contributed by atoms with Crippen LogP contribution in [-0.2, 0) is 4.74 Å². The lowest BCUT2D eigenvalue weighted by molar-refractivity contribution is 0.00802. The number of benzene rings is 1. The Labute approximate surface area is 127 Å². The lowest BCUT2D eigenvalue weighted by Gasteiger charge is -2.39. The van der Waals surface area contributed by atoms with E-state index >= 15 is 0 Å². The van der Waals surface area contributed by atoms with Gasteiger partial charge in [-0.25, -0.2) is 0 Å². The number of hydrogen-bond donors (Lipinski definition) is 3. The maximum atomic E-state index is 12.3. The van der Waals surface area contributed by atoms with E-state index in [2.05, 4.69) is 15.5 Å². The van der Waals surface area contributed by atoms with Gasteiger partial charge < -0.3 is 15.2 Å². The minimum Gasteiger partial charge on any atom is -0.507 e. The highest BCUT2D eigenvalue weighted by atomic mass is 16.5. The number of para-hydroxylation sites is 1. The first-order valence-electron chi connectivity index (χ1n) is 7.48. The van der Waals surface area contributed by atoms with E-state index in [9.17, 15) is 9.90 Å². The Morgan fingerprint density at radius 2 is 2.27 bits per heavy atom. The number of ether oxygens (including phenoxy) is 1. The Morgan fingerprint density at radius 1 is 1.41 bits per heavy atom. The molecule has 2 aromatic rings. The largest absolute Gasteiger partial charge is 0.507 e. The maximum absolute atomic E-state index is 12.3. The highest BCUT2D eigenvalue weighted by Gasteiger charge is 2.45. The van der Waals surface area contributed by atoms with Gasteiger partial charge in [-0.3, -0.25) is 9.89 Å². The van der Waals surface area contributed by atoms with E-state index in [0.29, 0.717) is 29.0 Å². The van der Waals surface area contributed by atoms with Gasteiger partial charge in [0, 0.05) is 24.1 Å². The number of nitrogens with zero attached hydrogens (tertiary/aromatic N) is 1. The molecular formula is C16H17N3O3. The van der Waals surface area contributed by atoms with E-state index in [0.717, 1.165) is 19.4 Å². The number of carbonyl (C=O) groups excluding carboxylic acids is 1. The molecule has 1 aromatic carbocycles. The van der Waals surface area contributed by atoms with E-state index < -0.39 is 0 Å². The predicted octanol–water partition coefficient (Wildman–Crippen LogP) is 1.69. The molecular weight excluding hydrogens is 282 g/mol. The normalized spacial score (nSPS) is 26.3. The summed E-state index contributed by atoms with van der Waals surface area (Å²) in [6.45, 7) is 0.795. The number of rotatable bonds is 3. The van der Waals surface area contributed by atoms with Gasteiger partial charge in [0.2, 0.25) is 0 Å². The molecule has 0 spiro atoms. The van der Waals surface area contributed by atoms with Crippen LogP contribution in [0.5, 0.6) is 5.75 Å². The van der Waals surface area contributed by atoms with E-state index in [1.54, 1.807) is 24.3 Å². The van der Waals surface area contributed by atoms with Gasteiger partial charge in [0.15, 0.2) is 0 Å². The molecule has 0 unspecified atom stereocenters. The Morgan fingerprint density at radius 3 is 3.09 bits per heavy atom. The summed E-state index contributed by atoms with van der Waals surface area (Å²) in [5.74, 6) is 0.430. The number of nitrogens with one attached hydrogen (secondary N) is 2. The van der Waals surface area contributed by atoms with Crippen LogP contribution in [0.25, 0.3) is 11.3 Å². The van der Waals surface area contributed by atoms with Crippen molar-refractivity contribution in [3.05, 3.63) is 36.0 Å². The third kappa shape index (κ3) is 2.16. The summed E-state index contributed by atoms with van der Waals surface area (Å²) in [5.41, 5.74) is 1.56. The molecule has 114 valence electrons. The number of phenolic OH excluding ortho intramolecular Hbond substituents is 1. The second-order valence-electron chi connectivity index (χ2n) is 5.86. The number of amides is 1. The lowest BCUT2D eigenvalue weighted by atomic mass is 9.76. The molecule has 0 bridgehead atoms. The predicted molar refractivity (Wildman–Crippen MR) is 79.4 cm³/mol. The maximum Gasteiger partial charge on any atom is 0.269 e. The molecule has 1 amide bonds. The van der Waals surface area contributed by atoms with Crippen LogP contribution in [0.3, 0.4) is 0 Å². The van der Waals surface area contributed by atoms with Crippen molar-refractivity contribution in [2.24, 2.45) is 5.92 Å². The van der Waals surface area contributed by atoms with Gasteiger partial charge in [-0.2, -0.15) is 5.10 Å². The first kappa shape index (κ1) is 13.3. The third-order valence-corrected chi connectivity index (χ3v) is 4.58. The van der Waals surface area contributed by atoms with E-state index in [-0.39, 0.29) is 17.7 Å². The average molecular weight is 299 g/mol. The number of fused-ring (bicyclic) bond motifs is 1. The van der Waals surface area contributed by atoms with Crippen LogP contribution < -0.4 is 5.32 Å². The molecule has 6 nitrogen and oxygen atoms in total. The Kier molecular flexibility index (Phi) is 3.11. The van der Waals surface area contributed by atoms with Gasteiger partial charge in [0.25, 0.3) is 5.91 Å². The number of aromatic nitrogens is 2. The summed E-state index contributed by atoms with van der Waals surface area (Å²) in [6, 6.07) is 8.77. The van der Waals surface area contributed by atoms with E-state index in [1.165, 1.54) is 0 Å². The van der Waals surface area contributed by atoms with Crippen LogP contribution in [0.15, 0.2) is 30.3 Å². The zero-order chi connectivity index (χ0) is 15.1. The summed E-state index contributed by atoms with van der Waals surface area (Å²) >= 11 is 0. The number of hydrogen-bond acceptors (Lipinski definition) is 4. The molecule has 1 aromatic heterocycles. The average Bonchev–Trinajstić information content (AvgIpc) is 3.12. The van der Waals surface area contributed by atoms with Crippen LogP contribution in [0.1, 0.15) is 23.3 Å². The lowest BCUT2D eigenvalue weighted by Crippen LogP contribution is -2.53. The smallest absolute Gasteiger partial charge is 0.269 e. The summed E-state index contributed by atoms with van der Waals surface area (Å²) in [5, 5.41) is 19.7. The van der Waals surface area contributed by atoms with E-state index in [4.69, 9.17) is 4.74 Å². The van der Waals surface area contributed by atoms with Crippen molar-refractivity contribution in [3.8, 4) is 17.0 Å². The van der Waals surface area contributed by atoms with Crippen LogP contribution >= 0.6 is 0 Å². The summed E-state index contributed by atoms with van der Waals surface area (Å²) in [7, 11) is 0. The molecule has 3 N–H and O–H groups in total.